The summed E-state index contributed by atoms with van der Waals surface area (Å²) in [7, 11) is 5.78. The Bertz CT molecular complexity index is 387. The van der Waals surface area contributed by atoms with Crippen LogP contribution in [0.2, 0.25) is 0 Å². The molecule has 106 valence electrons. The number of nitrogens with two attached hydrogens (primary N) is 1. The van der Waals surface area contributed by atoms with E-state index in [1.54, 1.807) is 7.11 Å². The van der Waals surface area contributed by atoms with Gasteiger partial charge >= 0.3 is 0 Å². The van der Waals surface area contributed by atoms with E-state index < -0.39 is 0 Å². The van der Waals surface area contributed by atoms with Crippen molar-refractivity contribution in [2.24, 2.45) is 10.7 Å². The van der Waals surface area contributed by atoms with Crippen LogP contribution in [0.1, 0.15) is 11.1 Å². The molecule has 0 unspecified atom stereocenters. The number of hydrogen-bond acceptors (Lipinski definition) is 3. The molecule has 0 saturated carbocycles. The fraction of sp³-hybridized carbons (Fsp3) is 0.500. The van der Waals surface area contributed by atoms with E-state index in [4.69, 9.17) is 10.5 Å². The molecule has 1 aromatic rings. The lowest BCUT2D eigenvalue weighted by Crippen LogP contribution is -2.34. The Morgan fingerprint density at radius 1 is 1.26 bits per heavy atom. The first-order valence-electron chi connectivity index (χ1n) is 6.37. The van der Waals surface area contributed by atoms with Crippen LogP contribution in [0.3, 0.4) is 0 Å². The van der Waals surface area contributed by atoms with Crippen molar-refractivity contribution in [3.05, 3.63) is 35.4 Å². The van der Waals surface area contributed by atoms with Gasteiger partial charge in [0, 0.05) is 20.2 Å². The van der Waals surface area contributed by atoms with Gasteiger partial charge in [-0.3, -0.25) is 0 Å². The predicted molar refractivity (Wildman–Crippen MR) is 79.0 cm³/mol. The molecule has 3 N–H and O–H groups in total. The van der Waals surface area contributed by atoms with Crippen molar-refractivity contribution < 1.29 is 4.74 Å². The highest BCUT2D eigenvalue weighted by molar-refractivity contribution is 5.77. The quantitative estimate of drug-likeness (QED) is 0.434. The van der Waals surface area contributed by atoms with Gasteiger partial charge in [-0.2, -0.15) is 0 Å². The normalized spacial score (nSPS) is 11.9. The van der Waals surface area contributed by atoms with Crippen LogP contribution >= 0.6 is 0 Å². The van der Waals surface area contributed by atoms with Crippen LogP contribution in [0.15, 0.2) is 29.3 Å². The van der Waals surface area contributed by atoms with E-state index in [0.29, 0.717) is 25.7 Å². The second-order valence-corrected chi connectivity index (χ2v) is 4.68. The van der Waals surface area contributed by atoms with Crippen LogP contribution in [0.5, 0.6) is 0 Å². The highest BCUT2D eigenvalue weighted by Gasteiger charge is 1.97. The van der Waals surface area contributed by atoms with Gasteiger partial charge in [0.05, 0.1) is 13.2 Å². The van der Waals surface area contributed by atoms with Gasteiger partial charge in [0.2, 0.25) is 0 Å². The zero-order valence-corrected chi connectivity index (χ0v) is 12.0. The van der Waals surface area contributed by atoms with Crippen molar-refractivity contribution in [1.29, 1.82) is 0 Å². The minimum atomic E-state index is 0.453. The summed E-state index contributed by atoms with van der Waals surface area (Å²) in [5.74, 6) is 0.453. The number of guanidine groups is 1. The van der Waals surface area contributed by atoms with Crippen molar-refractivity contribution in [2.75, 3.05) is 34.4 Å². The minimum absolute atomic E-state index is 0.453. The molecule has 0 amide bonds. The van der Waals surface area contributed by atoms with Crippen molar-refractivity contribution in [3.63, 3.8) is 0 Å². The Balaban J connectivity index is 2.42. The van der Waals surface area contributed by atoms with E-state index in [9.17, 15) is 0 Å². The number of benzene rings is 1. The van der Waals surface area contributed by atoms with Gasteiger partial charge in [0.1, 0.15) is 0 Å². The van der Waals surface area contributed by atoms with Crippen molar-refractivity contribution in [2.45, 2.75) is 13.1 Å². The number of ether oxygens (including phenoxy) is 1. The summed E-state index contributed by atoms with van der Waals surface area (Å²) < 4.78 is 4.92. The number of rotatable bonds is 7. The van der Waals surface area contributed by atoms with Gasteiger partial charge in [-0.15, -0.1) is 0 Å². The lowest BCUT2D eigenvalue weighted by Gasteiger charge is -2.09. The zero-order valence-electron chi connectivity index (χ0n) is 12.0. The van der Waals surface area contributed by atoms with E-state index in [0.717, 1.165) is 12.1 Å². The molecule has 0 heterocycles. The SMILES string of the molecule is COCCNC(N)=NCc1ccc(CN(C)C)cc1. The Labute approximate surface area is 115 Å². The molecule has 0 aliphatic rings. The minimum Gasteiger partial charge on any atom is -0.383 e. The van der Waals surface area contributed by atoms with Gasteiger partial charge in [0.25, 0.3) is 0 Å². The number of nitrogens with zero attached hydrogens (tertiary/aromatic N) is 2. The summed E-state index contributed by atoms with van der Waals surface area (Å²) in [6, 6.07) is 8.42. The van der Waals surface area contributed by atoms with Crippen LogP contribution in [0.4, 0.5) is 0 Å². The molecular formula is C14H24N4O. The van der Waals surface area contributed by atoms with E-state index in [1.807, 2.05) is 0 Å². The first-order valence-corrected chi connectivity index (χ1v) is 6.37. The Morgan fingerprint density at radius 3 is 2.47 bits per heavy atom. The molecule has 0 aliphatic carbocycles. The summed E-state index contributed by atoms with van der Waals surface area (Å²) >= 11 is 0. The van der Waals surface area contributed by atoms with Gasteiger partial charge in [-0.1, -0.05) is 24.3 Å². The smallest absolute Gasteiger partial charge is 0.188 e. The molecule has 0 bridgehead atoms. The first kappa shape index (κ1) is 15.5. The number of nitrogens with one attached hydrogen (secondary N) is 1. The average Bonchev–Trinajstić information content (AvgIpc) is 2.37. The first-order chi connectivity index (χ1) is 9.11. The van der Waals surface area contributed by atoms with Gasteiger partial charge < -0.3 is 20.7 Å². The highest BCUT2D eigenvalue weighted by atomic mass is 16.5. The van der Waals surface area contributed by atoms with Crippen LogP contribution in [-0.4, -0.2) is 45.2 Å². The monoisotopic (exact) mass is 264 g/mol. The summed E-state index contributed by atoms with van der Waals surface area (Å²) in [5.41, 5.74) is 8.18. The maximum absolute atomic E-state index is 5.73. The zero-order chi connectivity index (χ0) is 14.1. The van der Waals surface area contributed by atoms with Crippen LogP contribution < -0.4 is 11.1 Å². The maximum Gasteiger partial charge on any atom is 0.188 e. The molecule has 0 fully saturated rings. The van der Waals surface area contributed by atoms with Gasteiger partial charge in [-0.05, 0) is 25.2 Å². The summed E-state index contributed by atoms with van der Waals surface area (Å²) in [5, 5.41) is 2.99. The van der Waals surface area contributed by atoms with E-state index in [1.165, 1.54) is 5.56 Å². The molecule has 19 heavy (non-hydrogen) atoms. The lowest BCUT2D eigenvalue weighted by atomic mass is 10.1. The second kappa shape index (κ2) is 8.50. The van der Waals surface area contributed by atoms with E-state index in [2.05, 4.69) is 53.6 Å². The lowest BCUT2D eigenvalue weighted by molar-refractivity contribution is 0.204. The largest absolute Gasteiger partial charge is 0.383 e. The fourth-order valence-corrected chi connectivity index (χ4v) is 1.63. The summed E-state index contributed by atoms with van der Waals surface area (Å²) in [4.78, 5) is 6.42. The number of methoxy groups -OCH3 is 1. The molecule has 0 radical (unpaired) electrons. The highest BCUT2D eigenvalue weighted by Crippen LogP contribution is 2.07. The maximum atomic E-state index is 5.73. The molecular weight excluding hydrogens is 240 g/mol. The van der Waals surface area contributed by atoms with Crippen molar-refractivity contribution in [1.82, 2.24) is 10.2 Å². The number of hydrogen-bond donors (Lipinski definition) is 2. The van der Waals surface area contributed by atoms with Gasteiger partial charge in [-0.25, -0.2) is 4.99 Å². The van der Waals surface area contributed by atoms with E-state index >= 15 is 0 Å². The van der Waals surface area contributed by atoms with Crippen LogP contribution in [0.25, 0.3) is 0 Å². The molecule has 0 saturated heterocycles. The molecule has 0 aliphatic heterocycles. The third kappa shape index (κ3) is 6.79. The standard InChI is InChI=1S/C14H24N4O/c1-18(2)11-13-6-4-12(5-7-13)10-17-14(15)16-8-9-19-3/h4-7H,8-11H2,1-3H3,(H3,15,16,17). The average molecular weight is 264 g/mol. The topological polar surface area (TPSA) is 62.9 Å². The Hall–Kier alpha value is -1.59. The molecule has 5 heteroatoms. The summed E-state index contributed by atoms with van der Waals surface area (Å²) in [6.45, 7) is 2.83. The molecule has 1 aromatic carbocycles. The fourth-order valence-electron chi connectivity index (χ4n) is 1.63. The molecule has 0 aromatic heterocycles. The number of aliphatic imine (C=N–C) groups is 1. The van der Waals surface area contributed by atoms with Crippen molar-refractivity contribution >= 4 is 5.96 Å². The third-order valence-corrected chi connectivity index (χ3v) is 2.57. The predicted octanol–water partition coefficient (Wildman–Crippen LogP) is 0.799. The van der Waals surface area contributed by atoms with Crippen LogP contribution in [0, 0.1) is 0 Å². The van der Waals surface area contributed by atoms with Crippen LogP contribution in [-0.2, 0) is 17.8 Å². The third-order valence-electron chi connectivity index (χ3n) is 2.57. The Morgan fingerprint density at radius 2 is 1.89 bits per heavy atom. The van der Waals surface area contributed by atoms with Crippen molar-refractivity contribution in [3.8, 4) is 0 Å². The molecule has 5 nitrogen and oxygen atoms in total. The molecule has 1 rings (SSSR count). The second-order valence-electron chi connectivity index (χ2n) is 4.68. The Kier molecular flexibility index (Phi) is 6.92. The van der Waals surface area contributed by atoms with E-state index in [-0.39, 0.29) is 0 Å². The van der Waals surface area contributed by atoms with Gasteiger partial charge in [0.15, 0.2) is 5.96 Å². The molecule has 0 atom stereocenters. The molecule has 0 spiro atoms. The summed E-state index contributed by atoms with van der Waals surface area (Å²) in [6.07, 6.45) is 0.